The summed E-state index contributed by atoms with van der Waals surface area (Å²) >= 11 is 0. The second kappa shape index (κ2) is 3.80. The van der Waals surface area contributed by atoms with E-state index in [1.165, 1.54) is 16.7 Å². The van der Waals surface area contributed by atoms with Crippen LogP contribution in [0.1, 0.15) is 22.3 Å². The summed E-state index contributed by atoms with van der Waals surface area (Å²) in [5.41, 5.74) is 5.61. The molecule has 0 unspecified atom stereocenters. The Labute approximate surface area is 106 Å². The van der Waals surface area contributed by atoms with Crippen molar-refractivity contribution in [3.8, 4) is 0 Å². The minimum atomic E-state index is -0.430. The summed E-state index contributed by atoms with van der Waals surface area (Å²) in [5.74, 6) is -0.00114. The number of oxime groups is 1. The molecule has 2 aliphatic rings. The molecule has 1 aromatic rings. The SMILES string of the molecule is Cc1cc(C)c(C2=NO[C@@H]3C(=O)C=C[C@H]23)c(C)c1. The standard InChI is InChI=1S/C15H15NO2/c1-8-6-9(2)13(10(3)7-8)14-11-4-5-12(17)15(11)18-16-14/h4-7,11,15H,1-3H3/t11-,15+/m1/s1. The van der Waals surface area contributed by atoms with Crippen LogP contribution in [0.15, 0.2) is 29.4 Å². The molecule has 0 radical (unpaired) electrons. The zero-order chi connectivity index (χ0) is 12.9. The minimum Gasteiger partial charge on any atom is -0.383 e. The van der Waals surface area contributed by atoms with E-state index in [2.05, 4.69) is 38.1 Å². The van der Waals surface area contributed by atoms with E-state index in [-0.39, 0.29) is 11.7 Å². The second-order valence-corrected chi connectivity index (χ2v) is 5.06. The average molecular weight is 241 g/mol. The molecule has 2 atom stereocenters. The number of aryl methyl sites for hydroxylation is 3. The number of carbonyl (C=O) groups excluding carboxylic acids is 1. The second-order valence-electron chi connectivity index (χ2n) is 5.06. The Morgan fingerprint density at radius 1 is 1.17 bits per heavy atom. The summed E-state index contributed by atoms with van der Waals surface area (Å²) < 4.78 is 0. The van der Waals surface area contributed by atoms with Crippen LogP contribution >= 0.6 is 0 Å². The van der Waals surface area contributed by atoms with Crippen molar-refractivity contribution >= 4 is 11.5 Å². The third kappa shape index (κ3) is 1.50. The number of ketones is 1. The summed E-state index contributed by atoms with van der Waals surface area (Å²) in [6, 6.07) is 4.28. The van der Waals surface area contributed by atoms with E-state index in [0.29, 0.717) is 0 Å². The Morgan fingerprint density at radius 3 is 2.50 bits per heavy atom. The lowest BCUT2D eigenvalue weighted by Crippen LogP contribution is -2.24. The molecule has 0 fully saturated rings. The van der Waals surface area contributed by atoms with Gasteiger partial charge in [0.15, 0.2) is 5.78 Å². The number of carbonyl (C=O) groups is 1. The fourth-order valence-electron chi connectivity index (χ4n) is 2.89. The van der Waals surface area contributed by atoms with Crippen molar-refractivity contribution in [3.63, 3.8) is 0 Å². The van der Waals surface area contributed by atoms with Gasteiger partial charge in [-0.25, -0.2) is 0 Å². The Bertz CT molecular complexity index is 576. The lowest BCUT2D eigenvalue weighted by atomic mass is 9.88. The van der Waals surface area contributed by atoms with E-state index < -0.39 is 6.10 Å². The normalized spacial score (nSPS) is 25.1. The van der Waals surface area contributed by atoms with Crippen molar-refractivity contribution in [1.29, 1.82) is 0 Å². The molecule has 0 bridgehead atoms. The summed E-state index contributed by atoms with van der Waals surface area (Å²) in [6.45, 7) is 6.23. The predicted octanol–water partition coefficient (Wildman–Crippen LogP) is 2.47. The number of hydrogen-bond donors (Lipinski definition) is 0. The Hall–Kier alpha value is -1.90. The van der Waals surface area contributed by atoms with Crippen LogP contribution in [0, 0.1) is 26.7 Å². The van der Waals surface area contributed by atoms with E-state index in [1.54, 1.807) is 6.08 Å². The summed E-state index contributed by atoms with van der Waals surface area (Å²) in [5, 5.41) is 4.14. The van der Waals surface area contributed by atoms with Gasteiger partial charge in [-0.1, -0.05) is 28.9 Å². The van der Waals surface area contributed by atoms with Gasteiger partial charge in [-0.3, -0.25) is 4.79 Å². The van der Waals surface area contributed by atoms with Crippen LogP contribution in [-0.4, -0.2) is 17.6 Å². The molecule has 0 aromatic heterocycles. The molecule has 18 heavy (non-hydrogen) atoms. The van der Waals surface area contributed by atoms with E-state index in [9.17, 15) is 4.79 Å². The monoisotopic (exact) mass is 241 g/mol. The van der Waals surface area contributed by atoms with Gasteiger partial charge in [-0.05, 0) is 38.0 Å². The summed E-state index contributed by atoms with van der Waals surface area (Å²) in [4.78, 5) is 16.8. The van der Waals surface area contributed by atoms with E-state index in [0.717, 1.165) is 11.3 Å². The molecule has 0 N–H and O–H groups in total. The third-order valence-electron chi connectivity index (χ3n) is 3.59. The molecule has 1 aromatic carbocycles. The Morgan fingerprint density at radius 2 is 1.83 bits per heavy atom. The molecule has 3 nitrogen and oxygen atoms in total. The molecule has 0 saturated heterocycles. The van der Waals surface area contributed by atoms with Crippen LogP contribution in [0.5, 0.6) is 0 Å². The first kappa shape index (κ1) is 11.2. The van der Waals surface area contributed by atoms with Crippen molar-refractivity contribution in [1.82, 2.24) is 0 Å². The highest BCUT2D eigenvalue weighted by atomic mass is 16.6. The smallest absolute Gasteiger partial charge is 0.201 e. The molecule has 1 aliphatic heterocycles. The molecule has 92 valence electrons. The minimum absolute atomic E-state index is 0.0150. The van der Waals surface area contributed by atoms with Crippen LogP contribution in [0.4, 0.5) is 0 Å². The average Bonchev–Trinajstić information content (AvgIpc) is 2.82. The maximum Gasteiger partial charge on any atom is 0.201 e. The number of nitrogens with zero attached hydrogens (tertiary/aromatic N) is 1. The van der Waals surface area contributed by atoms with Crippen LogP contribution in [0.2, 0.25) is 0 Å². The molecule has 0 spiro atoms. The highest BCUT2D eigenvalue weighted by molar-refractivity contribution is 6.12. The zero-order valence-corrected chi connectivity index (χ0v) is 10.7. The van der Waals surface area contributed by atoms with Gasteiger partial charge < -0.3 is 4.84 Å². The van der Waals surface area contributed by atoms with E-state index in [1.807, 2.05) is 6.08 Å². The molecule has 3 rings (SSSR count). The van der Waals surface area contributed by atoms with Crippen LogP contribution in [0.3, 0.4) is 0 Å². The van der Waals surface area contributed by atoms with Crippen LogP contribution in [-0.2, 0) is 9.63 Å². The quantitative estimate of drug-likeness (QED) is 0.757. The summed E-state index contributed by atoms with van der Waals surface area (Å²) in [7, 11) is 0. The predicted molar refractivity (Wildman–Crippen MR) is 69.7 cm³/mol. The lowest BCUT2D eigenvalue weighted by molar-refractivity contribution is -0.124. The van der Waals surface area contributed by atoms with Crippen molar-refractivity contribution in [2.24, 2.45) is 11.1 Å². The lowest BCUT2D eigenvalue weighted by Gasteiger charge is -2.13. The van der Waals surface area contributed by atoms with Gasteiger partial charge in [-0.15, -0.1) is 0 Å². The van der Waals surface area contributed by atoms with Crippen molar-refractivity contribution in [2.45, 2.75) is 26.9 Å². The van der Waals surface area contributed by atoms with Gasteiger partial charge in [-0.2, -0.15) is 0 Å². The largest absolute Gasteiger partial charge is 0.383 e. The topological polar surface area (TPSA) is 38.7 Å². The Balaban J connectivity index is 2.08. The van der Waals surface area contributed by atoms with E-state index in [4.69, 9.17) is 4.84 Å². The number of hydrogen-bond acceptors (Lipinski definition) is 3. The molecule has 1 aliphatic carbocycles. The number of fused-ring (bicyclic) bond motifs is 1. The first-order chi connectivity index (χ1) is 8.58. The van der Waals surface area contributed by atoms with Gasteiger partial charge in [0.25, 0.3) is 0 Å². The van der Waals surface area contributed by atoms with Gasteiger partial charge >= 0.3 is 0 Å². The van der Waals surface area contributed by atoms with Crippen molar-refractivity contribution in [2.75, 3.05) is 0 Å². The van der Waals surface area contributed by atoms with Crippen LogP contribution < -0.4 is 0 Å². The maximum absolute atomic E-state index is 11.6. The highest BCUT2D eigenvalue weighted by Gasteiger charge is 2.41. The fourth-order valence-corrected chi connectivity index (χ4v) is 2.89. The highest BCUT2D eigenvalue weighted by Crippen LogP contribution is 2.32. The van der Waals surface area contributed by atoms with Crippen molar-refractivity contribution < 1.29 is 9.63 Å². The van der Waals surface area contributed by atoms with Gasteiger partial charge in [0.1, 0.15) is 0 Å². The first-order valence-electron chi connectivity index (χ1n) is 6.12. The molecule has 0 saturated carbocycles. The molecule has 3 heteroatoms. The first-order valence-corrected chi connectivity index (χ1v) is 6.12. The number of benzene rings is 1. The number of rotatable bonds is 1. The van der Waals surface area contributed by atoms with Gasteiger partial charge in [0.2, 0.25) is 6.10 Å². The molecule has 1 heterocycles. The zero-order valence-electron chi connectivity index (χ0n) is 10.7. The van der Waals surface area contributed by atoms with Crippen LogP contribution in [0.25, 0.3) is 0 Å². The summed E-state index contributed by atoms with van der Waals surface area (Å²) in [6.07, 6.45) is 3.07. The third-order valence-corrected chi connectivity index (χ3v) is 3.59. The molecular weight excluding hydrogens is 226 g/mol. The van der Waals surface area contributed by atoms with Gasteiger partial charge in [0, 0.05) is 5.56 Å². The van der Waals surface area contributed by atoms with Gasteiger partial charge in [0.05, 0.1) is 11.6 Å². The Kier molecular flexibility index (Phi) is 2.37. The maximum atomic E-state index is 11.6. The molecule has 0 amide bonds. The van der Waals surface area contributed by atoms with E-state index >= 15 is 0 Å². The fraction of sp³-hybridized carbons (Fsp3) is 0.333. The molecular formula is C15H15NO2. The van der Waals surface area contributed by atoms with Crippen molar-refractivity contribution in [3.05, 3.63) is 46.5 Å².